The number of ether oxygens (including phenoxy) is 2. The van der Waals surface area contributed by atoms with Crippen molar-refractivity contribution in [3.8, 4) is 5.75 Å². The summed E-state index contributed by atoms with van der Waals surface area (Å²) in [5.74, 6) is -0.830. The van der Waals surface area contributed by atoms with Crippen LogP contribution in [0.1, 0.15) is 12.5 Å². The molecule has 3 aromatic rings. The summed E-state index contributed by atoms with van der Waals surface area (Å²) in [6.07, 6.45) is 1.63. The lowest BCUT2D eigenvalue weighted by molar-refractivity contribution is -0.136. The van der Waals surface area contributed by atoms with Gasteiger partial charge in [-0.15, -0.1) is 0 Å². The predicted molar refractivity (Wildman–Crippen MR) is 146 cm³/mol. The third-order valence-corrected chi connectivity index (χ3v) is 6.39. The molecule has 0 saturated carbocycles. The summed E-state index contributed by atoms with van der Waals surface area (Å²) in [7, 11) is 1.28. The lowest BCUT2D eigenvalue weighted by Crippen LogP contribution is -2.24. The van der Waals surface area contributed by atoms with E-state index in [1.165, 1.54) is 12.0 Å². The molecule has 3 aromatic carbocycles. The molecule has 0 radical (unpaired) electrons. The monoisotopic (exact) mass is 580 g/mol. The van der Waals surface area contributed by atoms with Crippen molar-refractivity contribution in [1.82, 2.24) is 0 Å². The van der Waals surface area contributed by atoms with E-state index in [2.05, 4.69) is 21.2 Å². The van der Waals surface area contributed by atoms with E-state index >= 15 is 0 Å². The molecule has 1 heterocycles. The van der Waals surface area contributed by atoms with E-state index in [9.17, 15) is 14.4 Å². The average molecular weight is 582 g/mol. The fourth-order valence-electron chi connectivity index (χ4n) is 3.83. The first kappa shape index (κ1) is 26.2. The van der Waals surface area contributed by atoms with Gasteiger partial charge in [-0.25, -0.2) is 4.79 Å². The Balaban J connectivity index is 1.51. The number of nitrogens with one attached hydrogen (secondary N) is 1. The van der Waals surface area contributed by atoms with Gasteiger partial charge in [-0.05, 0) is 61.0 Å². The van der Waals surface area contributed by atoms with Gasteiger partial charge in [-0.2, -0.15) is 0 Å². The van der Waals surface area contributed by atoms with Gasteiger partial charge < -0.3 is 14.8 Å². The molecule has 1 aliphatic heterocycles. The van der Waals surface area contributed by atoms with E-state index in [0.717, 1.165) is 4.47 Å². The minimum absolute atomic E-state index is 0.198. The summed E-state index contributed by atoms with van der Waals surface area (Å²) in [6.45, 7) is 1.50. The largest absolute Gasteiger partial charge is 0.484 e. The van der Waals surface area contributed by atoms with Crippen molar-refractivity contribution >= 4 is 62.8 Å². The second kappa shape index (κ2) is 11.5. The quantitative estimate of drug-likeness (QED) is 0.273. The number of hydrogen-bond acceptors (Lipinski definition) is 5. The second-order valence-corrected chi connectivity index (χ2v) is 9.34. The molecule has 0 aromatic heterocycles. The smallest absolute Gasteiger partial charge is 0.340 e. The number of carbonyl (C=O) groups excluding carboxylic acids is 3. The zero-order chi connectivity index (χ0) is 26.5. The Kier molecular flexibility index (Phi) is 8.11. The zero-order valence-corrected chi connectivity index (χ0v) is 22.3. The third-order valence-electron chi connectivity index (χ3n) is 5.56. The summed E-state index contributed by atoms with van der Waals surface area (Å²) in [4.78, 5) is 39.7. The Morgan fingerprint density at radius 2 is 1.78 bits per heavy atom. The summed E-state index contributed by atoms with van der Waals surface area (Å²) < 4.78 is 11.3. The first-order valence-corrected chi connectivity index (χ1v) is 12.3. The molecular formula is C28H22BrClN2O5. The van der Waals surface area contributed by atoms with Crippen LogP contribution in [0.25, 0.3) is 6.08 Å². The van der Waals surface area contributed by atoms with Gasteiger partial charge in [0, 0.05) is 10.2 Å². The van der Waals surface area contributed by atoms with Crippen molar-refractivity contribution in [3.63, 3.8) is 0 Å². The molecule has 1 aliphatic rings. The van der Waals surface area contributed by atoms with E-state index in [-0.39, 0.29) is 29.6 Å². The summed E-state index contributed by atoms with van der Waals surface area (Å²) in [6, 6.07) is 21.0. The van der Waals surface area contributed by atoms with Gasteiger partial charge in [-0.3, -0.25) is 14.5 Å². The summed E-state index contributed by atoms with van der Waals surface area (Å²) in [5, 5.41) is 3.13. The number of halogens is 2. The van der Waals surface area contributed by atoms with Gasteiger partial charge in [0.1, 0.15) is 5.75 Å². The Morgan fingerprint density at radius 1 is 1.05 bits per heavy atom. The lowest BCUT2D eigenvalue weighted by Gasteiger charge is -2.18. The van der Waals surface area contributed by atoms with Gasteiger partial charge in [0.25, 0.3) is 11.8 Å². The van der Waals surface area contributed by atoms with Gasteiger partial charge in [0.05, 0.1) is 34.7 Å². The zero-order valence-electron chi connectivity index (χ0n) is 20.0. The number of para-hydroxylation sites is 1. The molecule has 7 nitrogen and oxygen atoms in total. The maximum Gasteiger partial charge on any atom is 0.340 e. The molecule has 0 saturated heterocycles. The predicted octanol–water partition coefficient (Wildman–Crippen LogP) is 6.00. The van der Waals surface area contributed by atoms with Crippen LogP contribution in [-0.2, 0) is 19.1 Å². The fraction of sp³-hybridized carbons (Fsp3) is 0.107. The highest BCUT2D eigenvalue weighted by Crippen LogP contribution is 2.36. The number of esters is 1. The number of allylic oxidation sites excluding steroid dienone is 1. The summed E-state index contributed by atoms with van der Waals surface area (Å²) >= 11 is 9.48. The third kappa shape index (κ3) is 5.93. The number of nitrogens with zero attached hydrogens (tertiary/aromatic N) is 1. The Hall–Kier alpha value is -3.88. The van der Waals surface area contributed by atoms with Crippen LogP contribution in [-0.4, -0.2) is 31.5 Å². The van der Waals surface area contributed by atoms with Crippen LogP contribution in [0.15, 0.2) is 94.1 Å². The number of anilines is 2. The number of methoxy groups -OCH3 is 1. The molecular weight excluding hydrogens is 560 g/mol. The van der Waals surface area contributed by atoms with E-state index in [1.807, 2.05) is 12.1 Å². The second-order valence-electron chi connectivity index (χ2n) is 8.02. The first-order valence-electron chi connectivity index (χ1n) is 11.2. The molecule has 0 aliphatic carbocycles. The highest BCUT2D eigenvalue weighted by Gasteiger charge is 2.37. The van der Waals surface area contributed by atoms with Crippen LogP contribution in [0.5, 0.6) is 5.75 Å². The van der Waals surface area contributed by atoms with Gasteiger partial charge in [0.15, 0.2) is 6.61 Å². The Morgan fingerprint density at radius 3 is 2.46 bits per heavy atom. The van der Waals surface area contributed by atoms with Crippen molar-refractivity contribution < 1.29 is 23.9 Å². The van der Waals surface area contributed by atoms with Crippen molar-refractivity contribution in [1.29, 1.82) is 0 Å². The molecule has 0 atom stereocenters. The number of benzene rings is 3. The molecule has 0 unspecified atom stereocenters. The van der Waals surface area contributed by atoms with Crippen LogP contribution >= 0.6 is 27.5 Å². The minimum atomic E-state index is -0.598. The molecule has 4 rings (SSSR count). The number of carbonyl (C=O) groups is 3. The summed E-state index contributed by atoms with van der Waals surface area (Å²) in [5.41, 5.74) is 2.69. The Labute approximate surface area is 227 Å². The lowest BCUT2D eigenvalue weighted by atomic mass is 10.0. The van der Waals surface area contributed by atoms with E-state index in [4.69, 9.17) is 21.1 Å². The minimum Gasteiger partial charge on any atom is -0.484 e. The van der Waals surface area contributed by atoms with E-state index in [0.29, 0.717) is 33.4 Å². The molecule has 37 heavy (non-hydrogen) atoms. The van der Waals surface area contributed by atoms with E-state index in [1.54, 1.807) is 73.7 Å². The van der Waals surface area contributed by atoms with Gasteiger partial charge >= 0.3 is 5.97 Å². The van der Waals surface area contributed by atoms with Crippen LogP contribution in [0.3, 0.4) is 0 Å². The molecule has 1 N–H and O–H groups in total. The maximum atomic E-state index is 13.4. The highest BCUT2D eigenvalue weighted by molar-refractivity contribution is 9.10. The first-order chi connectivity index (χ1) is 17.8. The topological polar surface area (TPSA) is 84.9 Å². The highest BCUT2D eigenvalue weighted by atomic mass is 79.9. The number of hydrogen-bond donors (Lipinski definition) is 1. The molecule has 0 fully saturated rings. The average Bonchev–Trinajstić information content (AvgIpc) is 3.13. The van der Waals surface area contributed by atoms with Crippen molar-refractivity contribution in [2.45, 2.75) is 6.92 Å². The van der Waals surface area contributed by atoms with Gasteiger partial charge in [0.2, 0.25) is 0 Å². The number of rotatable bonds is 7. The van der Waals surface area contributed by atoms with Crippen LogP contribution in [0.4, 0.5) is 11.4 Å². The molecule has 9 heteroatoms. The molecule has 2 amide bonds. The van der Waals surface area contributed by atoms with Crippen molar-refractivity contribution in [3.05, 3.63) is 105 Å². The Bertz CT molecular complexity index is 1430. The molecule has 188 valence electrons. The van der Waals surface area contributed by atoms with Crippen LogP contribution in [0, 0.1) is 0 Å². The number of amides is 2. The van der Waals surface area contributed by atoms with Crippen LogP contribution < -0.4 is 15.0 Å². The maximum absolute atomic E-state index is 13.4. The van der Waals surface area contributed by atoms with Gasteiger partial charge in [-0.1, -0.05) is 57.9 Å². The van der Waals surface area contributed by atoms with Crippen molar-refractivity contribution in [2.75, 3.05) is 23.9 Å². The standard InChI is InChI=1S/C28H22BrClN2O5/c1-17-26(28(35)36-2)22(27(34)32(17)20-7-5-6-19(29)15-20)14-18-10-12-21(13-11-18)37-16-25(33)31-24-9-4-3-8-23(24)30/h3-15H,16H2,1-2H3,(H,31,33)/b22-14-. The fourth-order valence-corrected chi connectivity index (χ4v) is 4.40. The SMILES string of the molecule is COC(=O)C1=C(C)N(c2cccc(Br)c2)C(=O)/C1=C\c1ccc(OCC(=O)Nc2ccccc2Cl)cc1. The van der Waals surface area contributed by atoms with Crippen molar-refractivity contribution in [2.24, 2.45) is 0 Å². The van der Waals surface area contributed by atoms with E-state index < -0.39 is 5.97 Å². The molecule has 0 spiro atoms. The van der Waals surface area contributed by atoms with Crippen LogP contribution in [0.2, 0.25) is 5.02 Å². The normalized spacial score (nSPS) is 14.2. The molecule has 0 bridgehead atoms.